The van der Waals surface area contributed by atoms with Crippen LogP contribution in [0.5, 0.6) is 0 Å². The van der Waals surface area contributed by atoms with Crippen molar-refractivity contribution in [2.24, 2.45) is 9.98 Å². The zero-order valence-electron chi connectivity index (χ0n) is 8.53. The van der Waals surface area contributed by atoms with Gasteiger partial charge in [-0.25, -0.2) is 9.59 Å². The highest BCUT2D eigenvalue weighted by molar-refractivity contribution is 5.36. The molecule has 0 aliphatic heterocycles. The lowest BCUT2D eigenvalue weighted by Crippen LogP contribution is -1.99. The van der Waals surface area contributed by atoms with Crippen LogP contribution in [0, 0.1) is 0 Å². The van der Waals surface area contributed by atoms with Gasteiger partial charge in [0.2, 0.25) is 12.2 Å². The van der Waals surface area contributed by atoms with E-state index in [0.717, 1.165) is 12.8 Å². The summed E-state index contributed by atoms with van der Waals surface area (Å²) in [6, 6.07) is 0. The van der Waals surface area contributed by atoms with E-state index in [1.54, 1.807) is 0 Å². The average Bonchev–Trinajstić information content (AvgIpc) is 2.18. The number of aliphatic imine (C=N–C) groups is 2. The van der Waals surface area contributed by atoms with Crippen molar-refractivity contribution in [2.75, 3.05) is 0 Å². The van der Waals surface area contributed by atoms with Gasteiger partial charge in [-0.15, -0.1) is 0 Å². The summed E-state index contributed by atoms with van der Waals surface area (Å²) in [5, 5.41) is 0. The van der Waals surface area contributed by atoms with Crippen LogP contribution in [0.1, 0.15) is 45.4 Å². The maximum absolute atomic E-state index is 9.94. The maximum Gasteiger partial charge on any atom is 0.237 e. The highest BCUT2D eigenvalue weighted by atomic mass is 16.1. The van der Waals surface area contributed by atoms with Crippen LogP contribution < -0.4 is 0 Å². The third-order valence-corrected chi connectivity index (χ3v) is 1.97. The summed E-state index contributed by atoms with van der Waals surface area (Å²) < 4.78 is 0. The minimum atomic E-state index is -0.563. The molecule has 0 aromatic heterocycles. The molecule has 0 amide bonds. The number of unbranched alkanes of at least 4 members (excludes halogenated alkanes) is 4. The van der Waals surface area contributed by atoms with Gasteiger partial charge in [0.05, 0.1) is 0 Å². The largest absolute Gasteiger partial charge is 0.237 e. The Morgan fingerprint density at radius 1 is 1.00 bits per heavy atom. The third kappa shape index (κ3) is 7.41. The minimum Gasteiger partial charge on any atom is -0.211 e. The summed E-state index contributed by atoms with van der Waals surface area (Å²) in [7, 11) is 0. The molecule has 0 aliphatic rings. The van der Waals surface area contributed by atoms with Gasteiger partial charge in [0.15, 0.2) is 6.17 Å². The first-order chi connectivity index (χ1) is 6.85. The summed E-state index contributed by atoms with van der Waals surface area (Å²) in [5.41, 5.74) is 0. The first-order valence-corrected chi connectivity index (χ1v) is 4.99. The first-order valence-electron chi connectivity index (χ1n) is 4.99. The van der Waals surface area contributed by atoms with Crippen LogP contribution in [0.4, 0.5) is 0 Å². The van der Waals surface area contributed by atoms with Crippen LogP contribution >= 0.6 is 0 Å². The lowest BCUT2D eigenvalue weighted by atomic mass is 10.1. The van der Waals surface area contributed by atoms with E-state index in [1.165, 1.54) is 31.4 Å². The zero-order chi connectivity index (χ0) is 10.6. The fourth-order valence-corrected chi connectivity index (χ4v) is 1.21. The fraction of sp³-hybridized carbons (Fsp3) is 0.800. The smallest absolute Gasteiger partial charge is 0.211 e. The summed E-state index contributed by atoms with van der Waals surface area (Å²) in [6.45, 7) is 2.15. The Bertz CT molecular complexity index is 210. The Kier molecular flexibility index (Phi) is 8.97. The van der Waals surface area contributed by atoms with Crippen molar-refractivity contribution >= 4 is 12.2 Å². The van der Waals surface area contributed by atoms with Crippen LogP contribution in [0.25, 0.3) is 0 Å². The standard InChI is InChI=1S/C10H16N2O2/c1-2-3-4-5-6-7-10(11-8-13)12-9-14/h10H,2-7H2,1H3. The van der Waals surface area contributed by atoms with Gasteiger partial charge < -0.3 is 0 Å². The van der Waals surface area contributed by atoms with Crippen molar-refractivity contribution in [1.29, 1.82) is 0 Å². The van der Waals surface area contributed by atoms with E-state index >= 15 is 0 Å². The Morgan fingerprint density at radius 3 is 2.07 bits per heavy atom. The average molecular weight is 196 g/mol. The number of hydrogen-bond acceptors (Lipinski definition) is 4. The molecule has 0 rings (SSSR count). The molecular weight excluding hydrogens is 180 g/mol. The van der Waals surface area contributed by atoms with E-state index in [9.17, 15) is 9.59 Å². The van der Waals surface area contributed by atoms with Crippen LogP contribution in [0.2, 0.25) is 0 Å². The van der Waals surface area contributed by atoms with Gasteiger partial charge >= 0.3 is 0 Å². The monoisotopic (exact) mass is 196 g/mol. The Morgan fingerprint density at radius 2 is 1.57 bits per heavy atom. The Labute approximate surface area is 84.1 Å². The van der Waals surface area contributed by atoms with E-state index < -0.39 is 6.17 Å². The van der Waals surface area contributed by atoms with E-state index in [-0.39, 0.29) is 0 Å². The second-order valence-corrected chi connectivity index (χ2v) is 3.12. The van der Waals surface area contributed by atoms with Crippen LogP contribution in [0.3, 0.4) is 0 Å². The molecule has 0 N–H and O–H groups in total. The summed E-state index contributed by atoms with van der Waals surface area (Å²) in [6.07, 6.45) is 8.50. The van der Waals surface area contributed by atoms with E-state index in [1.807, 2.05) is 0 Å². The van der Waals surface area contributed by atoms with Gasteiger partial charge in [0.25, 0.3) is 0 Å². The number of isocyanates is 2. The van der Waals surface area contributed by atoms with E-state index in [2.05, 4.69) is 16.9 Å². The molecular formula is C10H16N2O2. The lowest BCUT2D eigenvalue weighted by molar-refractivity contribution is 0.524. The predicted molar refractivity (Wildman–Crippen MR) is 53.4 cm³/mol. The molecule has 4 nitrogen and oxygen atoms in total. The maximum atomic E-state index is 9.94. The number of rotatable bonds is 8. The van der Waals surface area contributed by atoms with Crippen LogP contribution in [-0.2, 0) is 9.59 Å². The molecule has 0 aromatic carbocycles. The second kappa shape index (κ2) is 9.85. The summed E-state index contributed by atoms with van der Waals surface area (Å²) in [4.78, 5) is 26.7. The summed E-state index contributed by atoms with van der Waals surface area (Å²) in [5.74, 6) is 0. The number of carbonyl (C=O) groups excluding carboxylic acids is 2. The molecule has 0 saturated carbocycles. The van der Waals surface area contributed by atoms with Crippen molar-refractivity contribution in [1.82, 2.24) is 0 Å². The quantitative estimate of drug-likeness (QED) is 0.340. The molecule has 4 heteroatoms. The molecule has 0 aromatic rings. The second-order valence-electron chi connectivity index (χ2n) is 3.12. The number of nitrogens with zero attached hydrogens (tertiary/aromatic N) is 2. The van der Waals surface area contributed by atoms with Crippen molar-refractivity contribution in [2.45, 2.75) is 51.6 Å². The lowest BCUT2D eigenvalue weighted by Gasteiger charge is -2.02. The Hall–Kier alpha value is -1.24. The highest BCUT2D eigenvalue weighted by Crippen LogP contribution is 2.09. The molecule has 14 heavy (non-hydrogen) atoms. The van der Waals surface area contributed by atoms with Gasteiger partial charge in [0, 0.05) is 0 Å². The predicted octanol–water partition coefficient (Wildman–Crippen LogP) is 2.34. The molecule has 0 spiro atoms. The molecule has 0 heterocycles. The molecule has 0 bridgehead atoms. The molecule has 0 radical (unpaired) electrons. The highest BCUT2D eigenvalue weighted by Gasteiger charge is 2.02. The molecule has 0 unspecified atom stereocenters. The van der Waals surface area contributed by atoms with E-state index in [0.29, 0.717) is 6.42 Å². The Balaban J connectivity index is 3.61. The van der Waals surface area contributed by atoms with Gasteiger partial charge in [-0.1, -0.05) is 32.6 Å². The van der Waals surface area contributed by atoms with Crippen LogP contribution in [0.15, 0.2) is 9.98 Å². The third-order valence-electron chi connectivity index (χ3n) is 1.97. The SMILES string of the molecule is CCCCCCCC(N=C=O)N=C=O. The van der Waals surface area contributed by atoms with Crippen LogP contribution in [-0.4, -0.2) is 18.3 Å². The van der Waals surface area contributed by atoms with Gasteiger partial charge in [0.1, 0.15) is 0 Å². The van der Waals surface area contributed by atoms with Gasteiger partial charge in [-0.05, 0) is 12.8 Å². The minimum absolute atomic E-state index is 0.563. The van der Waals surface area contributed by atoms with Crippen molar-refractivity contribution in [3.05, 3.63) is 0 Å². The van der Waals surface area contributed by atoms with E-state index in [4.69, 9.17) is 0 Å². The summed E-state index contributed by atoms with van der Waals surface area (Å²) >= 11 is 0. The topological polar surface area (TPSA) is 58.9 Å². The van der Waals surface area contributed by atoms with Crippen molar-refractivity contribution < 1.29 is 9.59 Å². The number of hydrogen-bond donors (Lipinski definition) is 0. The molecule has 0 atom stereocenters. The van der Waals surface area contributed by atoms with Gasteiger partial charge in [-0.2, -0.15) is 9.98 Å². The zero-order valence-corrected chi connectivity index (χ0v) is 8.53. The normalized spacial score (nSPS) is 11.2. The fourth-order valence-electron chi connectivity index (χ4n) is 1.21. The molecule has 0 aliphatic carbocycles. The van der Waals surface area contributed by atoms with Gasteiger partial charge in [-0.3, -0.25) is 0 Å². The molecule has 0 saturated heterocycles. The molecule has 78 valence electrons. The first kappa shape index (κ1) is 12.8. The van der Waals surface area contributed by atoms with Crippen molar-refractivity contribution in [3.8, 4) is 0 Å². The van der Waals surface area contributed by atoms with Crippen molar-refractivity contribution in [3.63, 3.8) is 0 Å². The molecule has 0 fully saturated rings.